The van der Waals surface area contributed by atoms with E-state index in [0.29, 0.717) is 17.3 Å². The Kier molecular flexibility index (Phi) is 3.96. The number of aromatic nitrogens is 4. The van der Waals surface area contributed by atoms with Crippen LogP contribution in [0.2, 0.25) is 0 Å². The van der Waals surface area contributed by atoms with Crippen molar-refractivity contribution in [2.24, 2.45) is 0 Å². The van der Waals surface area contributed by atoms with Gasteiger partial charge in [0.05, 0.1) is 19.0 Å². The largest absolute Gasteiger partial charge is 0.480 e. The third-order valence-electron chi connectivity index (χ3n) is 3.03. The number of hydrogen-bond donors (Lipinski definition) is 1. The van der Waals surface area contributed by atoms with Gasteiger partial charge in [-0.2, -0.15) is 0 Å². The number of methoxy groups -OCH3 is 1. The van der Waals surface area contributed by atoms with E-state index in [2.05, 4.69) is 20.6 Å². The molecule has 116 valence electrons. The summed E-state index contributed by atoms with van der Waals surface area (Å²) in [7, 11) is 1.46. The lowest BCUT2D eigenvalue weighted by molar-refractivity contribution is 0.102. The quantitative estimate of drug-likeness (QED) is 0.797. The minimum Gasteiger partial charge on any atom is -0.480 e. The number of ether oxygens (including phenoxy) is 1. The molecular weight excluding hydrogens is 301 g/mol. The highest BCUT2D eigenvalue weighted by atomic mass is 19.1. The summed E-state index contributed by atoms with van der Waals surface area (Å²) in [6.45, 7) is 0. The molecule has 0 aliphatic carbocycles. The standard InChI is InChI=1S/C15H12FN5O2/c1-23-15-12(3-2-8-17-15)18-14(22)13-9-21(20-19-13)11-6-4-10(16)5-7-11/h2-9H,1H3,(H,18,22). The van der Waals surface area contributed by atoms with Crippen molar-refractivity contribution in [2.75, 3.05) is 12.4 Å². The number of pyridine rings is 1. The molecule has 0 fully saturated rings. The van der Waals surface area contributed by atoms with E-state index < -0.39 is 5.91 Å². The summed E-state index contributed by atoms with van der Waals surface area (Å²) >= 11 is 0. The van der Waals surface area contributed by atoms with Crippen LogP contribution in [0, 0.1) is 5.82 Å². The van der Waals surface area contributed by atoms with Crippen molar-refractivity contribution in [3.8, 4) is 11.6 Å². The number of benzene rings is 1. The first-order chi connectivity index (χ1) is 11.2. The van der Waals surface area contributed by atoms with Crippen molar-refractivity contribution in [2.45, 2.75) is 0 Å². The molecular formula is C15H12FN5O2. The SMILES string of the molecule is COc1ncccc1NC(=O)c1cn(-c2ccc(F)cc2)nn1. The molecule has 0 aliphatic rings. The molecule has 0 radical (unpaired) electrons. The number of hydrogen-bond acceptors (Lipinski definition) is 5. The Labute approximate surface area is 130 Å². The molecule has 0 atom stereocenters. The lowest BCUT2D eigenvalue weighted by atomic mass is 10.3. The van der Waals surface area contributed by atoms with E-state index in [1.165, 1.54) is 42.3 Å². The Morgan fingerprint density at radius 3 is 2.78 bits per heavy atom. The van der Waals surface area contributed by atoms with Crippen molar-refractivity contribution in [1.82, 2.24) is 20.0 Å². The van der Waals surface area contributed by atoms with Crippen LogP contribution in [0.4, 0.5) is 10.1 Å². The Balaban J connectivity index is 1.80. The third kappa shape index (κ3) is 3.15. The fourth-order valence-electron chi connectivity index (χ4n) is 1.92. The first-order valence-corrected chi connectivity index (χ1v) is 6.66. The Bertz CT molecular complexity index is 832. The molecule has 2 aromatic heterocycles. The normalized spacial score (nSPS) is 10.3. The molecule has 8 heteroatoms. The van der Waals surface area contributed by atoms with Crippen LogP contribution < -0.4 is 10.1 Å². The monoisotopic (exact) mass is 313 g/mol. The first kappa shape index (κ1) is 14.6. The molecule has 3 rings (SSSR count). The van der Waals surface area contributed by atoms with Crippen molar-refractivity contribution >= 4 is 11.6 Å². The predicted molar refractivity (Wildman–Crippen MR) is 80.1 cm³/mol. The van der Waals surface area contributed by atoms with Crippen LogP contribution in [-0.4, -0.2) is 33.0 Å². The van der Waals surface area contributed by atoms with Crippen molar-refractivity contribution in [1.29, 1.82) is 0 Å². The van der Waals surface area contributed by atoms with Gasteiger partial charge in [-0.3, -0.25) is 4.79 Å². The van der Waals surface area contributed by atoms with Crippen molar-refractivity contribution < 1.29 is 13.9 Å². The van der Waals surface area contributed by atoms with E-state index >= 15 is 0 Å². The fourth-order valence-corrected chi connectivity index (χ4v) is 1.92. The van der Waals surface area contributed by atoms with E-state index in [0.717, 1.165) is 0 Å². The molecule has 1 aromatic carbocycles. The zero-order chi connectivity index (χ0) is 16.2. The van der Waals surface area contributed by atoms with Gasteiger partial charge < -0.3 is 10.1 Å². The second-order valence-electron chi connectivity index (χ2n) is 4.54. The zero-order valence-electron chi connectivity index (χ0n) is 12.1. The molecule has 7 nitrogen and oxygen atoms in total. The molecule has 1 amide bonds. The van der Waals surface area contributed by atoms with Gasteiger partial charge in [0.2, 0.25) is 5.88 Å². The highest BCUT2D eigenvalue weighted by molar-refractivity contribution is 6.03. The number of nitrogens with zero attached hydrogens (tertiary/aromatic N) is 4. The van der Waals surface area contributed by atoms with E-state index in [1.54, 1.807) is 18.3 Å². The van der Waals surface area contributed by atoms with Crippen LogP contribution >= 0.6 is 0 Å². The molecule has 3 aromatic rings. The minimum atomic E-state index is -0.454. The molecule has 2 heterocycles. The molecule has 23 heavy (non-hydrogen) atoms. The highest BCUT2D eigenvalue weighted by Gasteiger charge is 2.14. The third-order valence-corrected chi connectivity index (χ3v) is 3.03. The summed E-state index contributed by atoms with van der Waals surface area (Å²) in [6.07, 6.45) is 3.00. The molecule has 0 saturated carbocycles. The van der Waals surface area contributed by atoms with Crippen molar-refractivity contribution in [3.63, 3.8) is 0 Å². The van der Waals surface area contributed by atoms with E-state index in [9.17, 15) is 9.18 Å². The van der Waals surface area contributed by atoms with Gasteiger partial charge in [-0.15, -0.1) is 5.10 Å². The topological polar surface area (TPSA) is 81.9 Å². The Morgan fingerprint density at radius 2 is 2.04 bits per heavy atom. The Morgan fingerprint density at radius 1 is 1.26 bits per heavy atom. The number of carbonyl (C=O) groups is 1. The summed E-state index contributed by atoms with van der Waals surface area (Å²) in [5.41, 5.74) is 1.13. The van der Waals surface area contributed by atoms with Crippen LogP contribution in [0.5, 0.6) is 5.88 Å². The smallest absolute Gasteiger partial charge is 0.278 e. The molecule has 0 spiro atoms. The van der Waals surface area contributed by atoms with Crippen molar-refractivity contribution in [3.05, 3.63) is 60.3 Å². The van der Waals surface area contributed by atoms with Gasteiger partial charge in [0.15, 0.2) is 5.69 Å². The summed E-state index contributed by atoms with van der Waals surface area (Å²) in [5.74, 6) is -0.507. The van der Waals surface area contributed by atoms with E-state index in [1.807, 2.05) is 0 Å². The summed E-state index contributed by atoms with van der Waals surface area (Å²) in [6, 6.07) is 9.02. The van der Waals surface area contributed by atoms with Gasteiger partial charge >= 0.3 is 0 Å². The van der Waals surface area contributed by atoms with Crippen LogP contribution in [0.25, 0.3) is 5.69 Å². The molecule has 0 unspecified atom stereocenters. The summed E-state index contributed by atoms with van der Waals surface area (Å²) in [4.78, 5) is 16.2. The highest BCUT2D eigenvalue weighted by Crippen LogP contribution is 2.20. The van der Waals surface area contributed by atoms with Gasteiger partial charge in [-0.25, -0.2) is 14.1 Å². The molecule has 0 saturated heterocycles. The van der Waals surface area contributed by atoms with Crippen LogP contribution in [0.3, 0.4) is 0 Å². The number of amides is 1. The van der Waals surface area contributed by atoms with E-state index in [4.69, 9.17) is 4.74 Å². The number of carbonyl (C=O) groups excluding carboxylic acids is 1. The van der Waals surface area contributed by atoms with Gasteiger partial charge in [0, 0.05) is 6.20 Å². The van der Waals surface area contributed by atoms with Crippen LogP contribution in [-0.2, 0) is 0 Å². The second kappa shape index (κ2) is 6.22. The minimum absolute atomic E-state index is 0.111. The number of anilines is 1. The maximum absolute atomic E-state index is 12.9. The van der Waals surface area contributed by atoms with E-state index in [-0.39, 0.29) is 11.5 Å². The average Bonchev–Trinajstić information content (AvgIpc) is 3.06. The average molecular weight is 313 g/mol. The zero-order valence-corrected chi connectivity index (χ0v) is 12.1. The van der Waals surface area contributed by atoms with Gasteiger partial charge in [-0.05, 0) is 36.4 Å². The lowest BCUT2D eigenvalue weighted by Gasteiger charge is -2.06. The van der Waals surface area contributed by atoms with Crippen LogP contribution in [0.15, 0.2) is 48.8 Å². The van der Waals surface area contributed by atoms with Gasteiger partial charge in [0.25, 0.3) is 5.91 Å². The van der Waals surface area contributed by atoms with Gasteiger partial charge in [-0.1, -0.05) is 5.21 Å². The molecule has 1 N–H and O–H groups in total. The molecule has 0 aliphatic heterocycles. The number of rotatable bonds is 4. The predicted octanol–water partition coefficient (Wildman–Crippen LogP) is 2.06. The summed E-state index contributed by atoms with van der Waals surface area (Å²) < 4.78 is 19.4. The number of halogens is 1. The number of nitrogens with one attached hydrogen (secondary N) is 1. The lowest BCUT2D eigenvalue weighted by Crippen LogP contribution is -2.13. The van der Waals surface area contributed by atoms with Crippen LogP contribution in [0.1, 0.15) is 10.5 Å². The summed E-state index contributed by atoms with van der Waals surface area (Å²) in [5, 5.41) is 10.3. The first-order valence-electron chi connectivity index (χ1n) is 6.66. The molecule has 0 bridgehead atoms. The maximum Gasteiger partial charge on any atom is 0.278 e. The van der Waals surface area contributed by atoms with Gasteiger partial charge in [0.1, 0.15) is 11.5 Å². The Hall–Kier alpha value is -3.29. The maximum atomic E-state index is 12.9. The second-order valence-corrected chi connectivity index (χ2v) is 4.54. The fraction of sp³-hybridized carbons (Fsp3) is 0.0667.